The van der Waals surface area contributed by atoms with Gasteiger partial charge in [0.1, 0.15) is 5.75 Å². The molecule has 0 N–H and O–H groups in total. The lowest BCUT2D eigenvalue weighted by molar-refractivity contribution is -0.275. The zero-order valence-corrected chi connectivity index (χ0v) is 12.5. The molecule has 0 spiro atoms. The molecular weight excluding hydrogens is 361 g/mol. The van der Waals surface area contributed by atoms with Gasteiger partial charge in [-0.05, 0) is 18.2 Å². The first-order valence-corrected chi connectivity index (χ1v) is 7.08. The van der Waals surface area contributed by atoms with Crippen LogP contribution in [0, 0.1) is 0 Å². The first-order chi connectivity index (χ1) is 9.65. The minimum absolute atomic E-state index is 0.140. The maximum absolute atomic E-state index is 13.1. The van der Waals surface area contributed by atoms with Crippen molar-refractivity contribution in [2.24, 2.45) is 0 Å². The van der Waals surface area contributed by atoms with E-state index in [9.17, 15) is 22.0 Å². The maximum atomic E-state index is 13.1. The number of hydrogen-bond donors (Lipinski definition) is 0. The molecule has 21 heavy (non-hydrogen) atoms. The number of hydrogen-bond acceptors (Lipinski definition) is 2. The molecule has 1 aromatic rings. The molecule has 1 aromatic carbocycles. The molecule has 0 aromatic heterocycles. The standard InChI is InChI=1S/C13H13BrF5NO/c14-10-1-2-11(21-13(17,18)19)9(7-10)8-20-5-3-12(15,16)4-6-20/h1-2,7H,3-6,8H2. The molecule has 0 radical (unpaired) electrons. The van der Waals surface area contributed by atoms with E-state index in [0.717, 1.165) is 0 Å². The molecule has 0 aliphatic carbocycles. The highest BCUT2D eigenvalue weighted by Crippen LogP contribution is 2.32. The van der Waals surface area contributed by atoms with E-state index in [1.807, 2.05) is 0 Å². The Morgan fingerprint density at radius 1 is 1.19 bits per heavy atom. The highest BCUT2D eigenvalue weighted by molar-refractivity contribution is 9.10. The van der Waals surface area contributed by atoms with Crippen LogP contribution >= 0.6 is 15.9 Å². The van der Waals surface area contributed by atoms with Crippen LogP contribution < -0.4 is 4.74 Å². The minimum atomic E-state index is -4.78. The van der Waals surface area contributed by atoms with Gasteiger partial charge in [0.05, 0.1) is 0 Å². The first-order valence-electron chi connectivity index (χ1n) is 6.29. The number of ether oxygens (including phenoxy) is 1. The van der Waals surface area contributed by atoms with Crippen molar-refractivity contribution in [3.63, 3.8) is 0 Å². The normalized spacial score (nSPS) is 19.5. The van der Waals surface area contributed by atoms with Gasteiger partial charge in [-0.25, -0.2) is 8.78 Å². The van der Waals surface area contributed by atoms with Gasteiger partial charge in [-0.1, -0.05) is 15.9 Å². The summed E-state index contributed by atoms with van der Waals surface area (Å²) in [5, 5.41) is 0. The van der Waals surface area contributed by atoms with Crippen LogP contribution in [0.5, 0.6) is 5.75 Å². The zero-order valence-electron chi connectivity index (χ0n) is 10.9. The topological polar surface area (TPSA) is 12.5 Å². The second-order valence-corrected chi connectivity index (χ2v) is 5.85. The largest absolute Gasteiger partial charge is 0.573 e. The van der Waals surface area contributed by atoms with Crippen LogP contribution in [0.3, 0.4) is 0 Å². The highest BCUT2D eigenvalue weighted by Gasteiger charge is 2.35. The Labute approximate surface area is 127 Å². The van der Waals surface area contributed by atoms with Crippen molar-refractivity contribution in [1.29, 1.82) is 0 Å². The SMILES string of the molecule is FC1(F)CCN(Cc2cc(Br)ccc2OC(F)(F)F)CC1. The van der Waals surface area contributed by atoms with Gasteiger partial charge in [-0.15, -0.1) is 13.2 Å². The van der Waals surface area contributed by atoms with Crippen molar-refractivity contribution >= 4 is 15.9 Å². The van der Waals surface area contributed by atoms with Crippen LogP contribution in [0.4, 0.5) is 22.0 Å². The maximum Gasteiger partial charge on any atom is 0.573 e. The Kier molecular flexibility index (Phi) is 4.77. The van der Waals surface area contributed by atoms with Gasteiger partial charge >= 0.3 is 6.36 Å². The van der Waals surface area contributed by atoms with Crippen molar-refractivity contribution in [2.45, 2.75) is 31.7 Å². The summed E-state index contributed by atoms with van der Waals surface area (Å²) in [6.45, 7) is 0.427. The minimum Gasteiger partial charge on any atom is -0.405 e. The molecule has 0 unspecified atom stereocenters. The van der Waals surface area contributed by atoms with E-state index in [1.165, 1.54) is 18.2 Å². The summed E-state index contributed by atoms with van der Waals surface area (Å²) >= 11 is 3.18. The molecule has 0 atom stereocenters. The highest BCUT2D eigenvalue weighted by atomic mass is 79.9. The number of benzene rings is 1. The van der Waals surface area contributed by atoms with Gasteiger partial charge < -0.3 is 4.74 Å². The molecule has 1 fully saturated rings. The fourth-order valence-corrected chi connectivity index (χ4v) is 2.58. The third-order valence-corrected chi connectivity index (χ3v) is 3.72. The van der Waals surface area contributed by atoms with Crippen molar-refractivity contribution < 1.29 is 26.7 Å². The third kappa shape index (κ3) is 5.10. The smallest absolute Gasteiger partial charge is 0.405 e. The van der Waals surface area contributed by atoms with Crippen LogP contribution in [0.2, 0.25) is 0 Å². The van der Waals surface area contributed by atoms with Crippen molar-refractivity contribution in [3.8, 4) is 5.75 Å². The number of likely N-dealkylation sites (tertiary alicyclic amines) is 1. The second kappa shape index (κ2) is 6.08. The number of rotatable bonds is 3. The summed E-state index contributed by atoms with van der Waals surface area (Å²) in [7, 11) is 0. The fourth-order valence-electron chi connectivity index (χ4n) is 2.18. The van der Waals surface area contributed by atoms with Gasteiger partial charge in [0.25, 0.3) is 5.92 Å². The van der Waals surface area contributed by atoms with E-state index in [4.69, 9.17) is 0 Å². The molecule has 1 heterocycles. The Hall–Kier alpha value is -0.890. The molecule has 0 amide bonds. The number of nitrogens with zero attached hydrogens (tertiary/aromatic N) is 1. The van der Waals surface area contributed by atoms with Gasteiger partial charge in [0, 0.05) is 42.5 Å². The molecule has 1 aliphatic heterocycles. The van der Waals surface area contributed by atoms with E-state index in [2.05, 4.69) is 20.7 Å². The van der Waals surface area contributed by atoms with E-state index in [-0.39, 0.29) is 38.2 Å². The van der Waals surface area contributed by atoms with Crippen molar-refractivity contribution in [3.05, 3.63) is 28.2 Å². The summed E-state index contributed by atoms with van der Waals surface area (Å²) < 4.78 is 67.8. The summed E-state index contributed by atoms with van der Waals surface area (Å²) in [6.07, 6.45) is -5.34. The Balaban J connectivity index is 2.10. The molecule has 1 aliphatic rings. The summed E-state index contributed by atoms with van der Waals surface area (Å²) in [5.74, 6) is -2.98. The average molecular weight is 374 g/mol. The lowest BCUT2D eigenvalue weighted by Crippen LogP contribution is -2.39. The quantitative estimate of drug-likeness (QED) is 0.719. The summed E-state index contributed by atoms with van der Waals surface area (Å²) in [4.78, 5) is 1.70. The molecule has 2 rings (SSSR count). The molecule has 118 valence electrons. The van der Waals surface area contributed by atoms with E-state index >= 15 is 0 Å². The first kappa shape index (κ1) is 16.5. The van der Waals surface area contributed by atoms with Crippen LogP contribution in [0.15, 0.2) is 22.7 Å². The van der Waals surface area contributed by atoms with Crippen molar-refractivity contribution in [1.82, 2.24) is 4.90 Å². The molecule has 8 heteroatoms. The van der Waals surface area contributed by atoms with E-state index < -0.39 is 12.3 Å². The molecular formula is C13H13BrF5NO. The van der Waals surface area contributed by atoms with Crippen LogP contribution in [-0.4, -0.2) is 30.3 Å². The average Bonchev–Trinajstić information content (AvgIpc) is 2.34. The van der Waals surface area contributed by atoms with Crippen LogP contribution in [0.25, 0.3) is 0 Å². The van der Waals surface area contributed by atoms with Crippen LogP contribution in [0.1, 0.15) is 18.4 Å². The van der Waals surface area contributed by atoms with E-state index in [0.29, 0.717) is 10.0 Å². The monoisotopic (exact) mass is 373 g/mol. The van der Waals surface area contributed by atoms with Gasteiger partial charge in [0.2, 0.25) is 0 Å². The molecule has 0 saturated carbocycles. The van der Waals surface area contributed by atoms with Crippen LogP contribution in [-0.2, 0) is 6.54 Å². The molecule has 0 bridgehead atoms. The summed E-state index contributed by atoms with van der Waals surface area (Å²) in [6, 6.07) is 4.16. The fraction of sp³-hybridized carbons (Fsp3) is 0.538. The number of piperidine rings is 1. The van der Waals surface area contributed by atoms with Gasteiger partial charge in [0.15, 0.2) is 0 Å². The Morgan fingerprint density at radius 2 is 1.81 bits per heavy atom. The lowest BCUT2D eigenvalue weighted by Gasteiger charge is -2.32. The summed E-state index contributed by atoms with van der Waals surface area (Å²) in [5.41, 5.74) is 0.312. The van der Waals surface area contributed by atoms with E-state index in [1.54, 1.807) is 4.90 Å². The number of halogens is 6. The van der Waals surface area contributed by atoms with Gasteiger partial charge in [-0.2, -0.15) is 0 Å². The molecule has 2 nitrogen and oxygen atoms in total. The zero-order chi connectivity index (χ0) is 15.7. The Bertz CT molecular complexity index is 496. The lowest BCUT2D eigenvalue weighted by atomic mass is 10.1. The van der Waals surface area contributed by atoms with Crippen molar-refractivity contribution in [2.75, 3.05) is 13.1 Å². The predicted molar refractivity (Wildman–Crippen MR) is 70.3 cm³/mol. The predicted octanol–water partition coefficient (Wildman–Crippen LogP) is 4.58. The Morgan fingerprint density at radius 3 is 2.38 bits per heavy atom. The number of alkyl halides is 5. The van der Waals surface area contributed by atoms with Gasteiger partial charge in [-0.3, -0.25) is 4.90 Å². The molecule has 1 saturated heterocycles. The third-order valence-electron chi connectivity index (χ3n) is 3.23. The second-order valence-electron chi connectivity index (χ2n) is 4.93.